The number of hydrogen-bond acceptors (Lipinski definition) is 2. The van der Waals surface area contributed by atoms with Crippen LogP contribution in [0.5, 0.6) is 0 Å². The van der Waals surface area contributed by atoms with Crippen LogP contribution in [-0.2, 0) is 4.79 Å². The molecule has 0 aliphatic carbocycles. The summed E-state index contributed by atoms with van der Waals surface area (Å²) in [6.07, 6.45) is 0. The van der Waals surface area contributed by atoms with E-state index in [2.05, 4.69) is 5.62 Å². The molecule has 0 aliphatic rings. The maximum atomic E-state index is 9.86. The average molecular weight is 112 g/mol. The zero-order valence-corrected chi connectivity index (χ0v) is 4.38. The summed E-state index contributed by atoms with van der Waals surface area (Å²) in [5, 5.41) is 16.0. The number of hydrogen-bond donors (Lipinski definition) is 2. The summed E-state index contributed by atoms with van der Waals surface area (Å²) in [7, 11) is 0.573. The summed E-state index contributed by atoms with van der Waals surface area (Å²) < 4.78 is 0. The van der Waals surface area contributed by atoms with E-state index in [1.807, 2.05) is 0 Å². The molecule has 0 bridgehead atoms. The molecule has 8 heavy (non-hydrogen) atoms. The van der Waals surface area contributed by atoms with Crippen molar-refractivity contribution in [3.05, 3.63) is 5.57 Å². The molecule has 0 spiro atoms. The van der Waals surface area contributed by atoms with Gasteiger partial charge in [0.1, 0.15) is 0 Å². The molecule has 0 unspecified atom stereocenters. The van der Waals surface area contributed by atoms with Crippen molar-refractivity contribution in [1.29, 1.82) is 0 Å². The fraction of sp³-hybridized carbons (Fsp3) is 0.250. The van der Waals surface area contributed by atoms with E-state index >= 15 is 0 Å². The Bertz CT molecular complexity index is 155. The van der Waals surface area contributed by atoms with E-state index in [-0.39, 0.29) is 5.57 Å². The van der Waals surface area contributed by atoms with Crippen LogP contribution in [0, 0.1) is 0 Å². The molecule has 0 aromatic rings. The Labute approximate surface area is 47.2 Å². The van der Waals surface area contributed by atoms with Crippen LogP contribution in [-0.4, -0.2) is 28.8 Å². The van der Waals surface area contributed by atoms with Gasteiger partial charge in [-0.2, -0.15) is 0 Å². The van der Waals surface area contributed by atoms with Crippen molar-refractivity contribution in [1.82, 2.24) is 0 Å². The van der Waals surface area contributed by atoms with Gasteiger partial charge in [-0.25, -0.2) is 0 Å². The summed E-state index contributed by atoms with van der Waals surface area (Å²) in [4.78, 5) is 9.86. The van der Waals surface area contributed by atoms with Crippen LogP contribution < -0.4 is 0 Å². The van der Waals surface area contributed by atoms with Crippen molar-refractivity contribution in [3.8, 4) is 0 Å². The predicted molar refractivity (Wildman–Crippen MR) is 29.8 cm³/mol. The fourth-order valence-electron chi connectivity index (χ4n) is 0.159. The molecule has 0 saturated heterocycles. The van der Waals surface area contributed by atoms with Gasteiger partial charge in [0.05, 0.1) is 0 Å². The first-order chi connectivity index (χ1) is 3.68. The Hall–Kier alpha value is -1.02. The minimum absolute atomic E-state index is 0.00694. The van der Waals surface area contributed by atoms with Gasteiger partial charge in [0, 0.05) is 0 Å². The standard InChI is InChI=1S/C4H5BO3/c1-3(2-5-8)4(6)7/h8H,1H3,(H,6,7). The molecule has 2 N–H and O–H groups in total. The first-order valence-electron chi connectivity index (χ1n) is 1.97. The normalized spacial score (nSPS) is 6.62. The van der Waals surface area contributed by atoms with Crippen molar-refractivity contribution in [2.75, 3.05) is 0 Å². The zero-order chi connectivity index (χ0) is 6.57. The minimum atomic E-state index is -1.07. The van der Waals surface area contributed by atoms with Crippen LogP contribution in [0.2, 0.25) is 0 Å². The van der Waals surface area contributed by atoms with Crippen LogP contribution >= 0.6 is 0 Å². The second kappa shape index (κ2) is 3.05. The topological polar surface area (TPSA) is 57.5 Å². The fourth-order valence-corrected chi connectivity index (χ4v) is 0.159. The van der Waals surface area contributed by atoms with E-state index < -0.39 is 5.97 Å². The van der Waals surface area contributed by atoms with Crippen LogP contribution in [0.15, 0.2) is 5.57 Å². The van der Waals surface area contributed by atoms with E-state index in [9.17, 15) is 4.79 Å². The Morgan fingerprint density at radius 2 is 2.25 bits per heavy atom. The third-order valence-corrected chi connectivity index (χ3v) is 0.602. The van der Waals surface area contributed by atoms with E-state index in [4.69, 9.17) is 10.1 Å². The molecule has 0 aliphatic heterocycles. The van der Waals surface area contributed by atoms with Crippen molar-refractivity contribution in [2.24, 2.45) is 0 Å². The molecule has 0 atom stereocenters. The Kier molecular flexibility index (Phi) is 2.66. The van der Waals surface area contributed by atoms with Crippen molar-refractivity contribution in [2.45, 2.75) is 6.92 Å². The van der Waals surface area contributed by atoms with Gasteiger partial charge in [-0.1, -0.05) is 0 Å². The molecule has 0 fully saturated rings. The average Bonchev–Trinajstić information content (AvgIpc) is 1.67. The number of rotatable bonds is 1. The van der Waals surface area contributed by atoms with Gasteiger partial charge in [-0.3, -0.25) is 0 Å². The van der Waals surface area contributed by atoms with E-state index in [1.54, 1.807) is 0 Å². The number of carboxylic acids is 1. The van der Waals surface area contributed by atoms with Gasteiger partial charge in [0.15, 0.2) is 0 Å². The Morgan fingerprint density at radius 3 is 2.38 bits per heavy atom. The number of carboxylic acid groups (broad SMARTS) is 1. The van der Waals surface area contributed by atoms with E-state index in [0.29, 0.717) is 7.12 Å². The Balaban J connectivity index is 4.24. The van der Waals surface area contributed by atoms with Crippen LogP contribution in [0.25, 0.3) is 0 Å². The summed E-state index contributed by atoms with van der Waals surface area (Å²) in [6.45, 7) is 1.34. The maximum absolute atomic E-state index is 9.86. The van der Waals surface area contributed by atoms with Gasteiger partial charge in [-0.05, 0) is 0 Å². The summed E-state index contributed by atoms with van der Waals surface area (Å²) in [5.41, 5.74) is 2.09. The molecule has 0 heterocycles. The van der Waals surface area contributed by atoms with Crippen LogP contribution in [0.4, 0.5) is 0 Å². The SMILES string of the molecule is CC(=C=BO)C(=O)O. The van der Waals surface area contributed by atoms with Crippen LogP contribution in [0.3, 0.4) is 0 Å². The second-order valence-corrected chi connectivity index (χ2v) is 1.20. The van der Waals surface area contributed by atoms with Gasteiger partial charge < -0.3 is 0 Å². The van der Waals surface area contributed by atoms with Crippen molar-refractivity contribution in [3.63, 3.8) is 0 Å². The monoisotopic (exact) mass is 112 g/mol. The molecular formula is C4H5BO3. The second-order valence-electron chi connectivity index (χ2n) is 1.20. The van der Waals surface area contributed by atoms with Gasteiger partial charge in [0.2, 0.25) is 0 Å². The molecule has 42 valence electrons. The number of carbonyl (C=O) groups is 1. The molecule has 4 heteroatoms. The first kappa shape index (κ1) is 6.98. The third kappa shape index (κ3) is 2.21. The van der Waals surface area contributed by atoms with E-state index in [1.165, 1.54) is 6.92 Å². The molecular weight excluding hydrogens is 107 g/mol. The molecule has 0 saturated carbocycles. The predicted octanol–water partition coefficient (Wildman–Crippen LogP) is -0.970. The molecule has 0 rings (SSSR count). The van der Waals surface area contributed by atoms with Crippen molar-refractivity contribution >= 4 is 18.7 Å². The molecule has 0 aromatic carbocycles. The first-order valence-corrected chi connectivity index (χ1v) is 1.97. The number of aliphatic carboxylic acids is 1. The summed E-state index contributed by atoms with van der Waals surface area (Å²) in [6, 6.07) is 0. The van der Waals surface area contributed by atoms with Gasteiger partial charge in [-0.15, -0.1) is 0 Å². The van der Waals surface area contributed by atoms with Gasteiger partial charge >= 0.3 is 46.1 Å². The van der Waals surface area contributed by atoms with Crippen LogP contribution in [0.1, 0.15) is 6.92 Å². The molecule has 3 nitrogen and oxygen atoms in total. The Morgan fingerprint density at radius 1 is 1.75 bits per heavy atom. The quantitative estimate of drug-likeness (QED) is 0.339. The van der Waals surface area contributed by atoms with Crippen molar-refractivity contribution < 1.29 is 14.9 Å². The van der Waals surface area contributed by atoms with E-state index in [0.717, 1.165) is 0 Å². The summed E-state index contributed by atoms with van der Waals surface area (Å²) >= 11 is 0. The zero-order valence-electron chi connectivity index (χ0n) is 4.38. The summed E-state index contributed by atoms with van der Waals surface area (Å²) in [5.74, 6) is -1.07. The third-order valence-electron chi connectivity index (χ3n) is 0.602. The molecule has 0 radical (unpaired) electrons. The van der Waals surface area contributed by atoms with Gasteiger partial charge in [0.25, 0.3) is 0 Å². The molecule has 0 aromatic heterocycles. The molecule has 0 amide bonds.